The van der Waals surface area contributed by atoms with E-state index in [0.717, 1.165) is 43.6 Å². The number of hydrogen-bond donors (Lipinski definition) is 1. The zero-order valence-corrected chi connectivity index (χ0v) is 12.6. The molecule has 0 aliphatic carbocycles. The van der Waals surface area contributed by atoms with E-state index in [1.807, 2.05) is 28.8 Å². The van der Waals surface area contributed by atoms with Crippen molar-refractivity contribution in [3.05, 3.63) is 24.3 Å². The fourth-order valence-electron chi connectivity index (χ4n) is 2.82. The first-order chi connectivity index (χ1) is 11.0. The van der Waals surface area contributed by atoms with Crippen LogP contribution in [-0.2, 0) is 11.3 Å². The number of aromatic nitrogens is 2. The SMILES string of the molecule is FC(F)(F)OCCn1c(N2CCCNCC2)nc2ccccc21. The number of ether oxygens (including phenoxy) is 1. The van der Waals surface area contributed by atoms with E-state index in [1.165, 1.54) is 0 Å². The minimum atomic E-state index is -4.61. The summed E-state index contributed by atoms with van der Waals surface area (Å²) in [4.78, 5) is 6.74. The summed E-state index contributed by atoms with van der Waals surface area (Å²) in [6.45, 7) is 3.07. The van der Waals surface area contributed by atoms with Gasteiger partial charge in [-0.25, -0.2) is 4.98 Å². The Labute approximate surface area is 132 Å². The van der Waals surface area contributed by atoms with Gasteiger partial charge in [-0.3, -0.25) is 4.74 Å². The molecule has 3 rings (SSSR count). The number of benzene rings is 1. The van der Waals surface area contributed by atoms with Crippen LogP contribution in [-0.4, -0.2) is 48.7 Å². The van der Waals surface area contributed by atoms with E-state index < -0.39 is 13.0 Å². The van der Waals surface area contributed by atoms with Gasteiger partial charge in [0.15, 0.2) is 0 Å². The highest BCUT2D eigenvalue weighted by Crippen LogP contribution is 2.24. The van der Waals surface area contributed by atoms with Gasteiger partial charge in [-0.15, -0.1) is 13.2 Å². The monoisotopic (exact) mass is 328 g/mol. The van der Waals surface area contributed by atoms with Crippen LogP contribution in [0.1, 0.15) is 6.42 Å². The Kier molecular flexibility index (Phi) is 4.72. The largest absolute Gasteiger partial charge is 0.522 e. The molecule has 1 N–H and O–H groups in total. The van der Waals surface area contributed by atoms with E-state index in [-0.39, 0.29) is 6.54 Å². The minimum Gasteiger partial charge on any atom is -0.341 e. The Balaban J connectivity index is 1.87. The van der Waals surface area contributed by atoms with Crippen LogP contribution in [0.15, 0.2) is 24.3 Å². The van der Waals surface area contributed by atoms with E-state index in [2.05, 4.69) is 19.9 Å². The molecule has 23 heavy (non-hydrogen) atoms. The lowest BCUT2D eigenvalue weighted by Gasteiger charge is -2.22. The Morgan fingerprint density at radius 3 is 2.83 bits per heavy atom. The van der Waals surface area contributed by atoms with E-state index in [0.29, 0.717) is 5.95 Å². The first-order valence-corrected chi connectivity index (χ1v) is 7.66. The molecule has 1 aliphatic rings. The molecule has 0 unspecified atom stereocenters. The molecule has 126 valence electrons. The van der Waals surface area contributed by atoms with Crippen molar-refractivity contribution in [3.63, 3.8) is 0 Å². The number of nitrogens with one attached hydrogen (secondary N) is 1. The molecule has 0 bridgehead atoms. The van der Waals surface area contributed by atoms with Gasteiger partial charge in [-0.1, -0.05) is 12.1 Å². The van der Waals surface area contributed by atoms with Gasteiger partial charge in [0.05, 0.1) is 17.6 Å². The molecule has 1 saturated heterocycles. The van der Waals surface area contributed by atoms with Crippen molar-refractivity contribution in [1.29, 1.82) is 0 Å². The summed E-state index contributed by atoms with van der Waals surface area (Å²) in [6, 6.07) is 7.48. The lowest BCUT2D eigenvalue weighted by molar-refractivity contribution is -0.325. The van der Waals surface area contributed by atoms with Gasteiger partial charge in [-0.2, -0.15) is 0 Å². The topological polar surface area (TPSA) is 42.3 Å². The quantitative estimate of drug-likeness (QED) is 0.936. The van der Waals surface area contributed by atoms with Crippen LogP contribution in [0.2, 0.25) is 0 Å². The predicted molar refractivity (Wildman–Crippen MR) is 81.4 cm³/mol. The van der Waals surface area contributed by atoms with Crippen molar-refractivity contribution in [2.45, 2.75) is 19.3 Å². The second kappa shape index (κ2) is 6.76. The summed E-state index contributed by atoms with van der Waals surface area (Å²) in [5.41, 5.74) is 1.61. The first kappa shape index (κ1) is 16.1. The van der Waals surface area contributed by atoms with Crippen LogP contribution in [0, 0.1) is 0 Å². The molecule has 1 fully saturated rings. The van der Waals surface area contributed by atoms with Crippen LogP contribution >= 0.6 is 0 Å². The zero-order chi connectivity index (χ0) is 16.3. The van der Waals surface area contributed by atoms with Crippen LogP contribution in [0.4, 0.5) is 19.1 Å². The fourth-order valence-corrected chi connectivity index (χ4v) is 2.82. The number of anilines is 1. The Morgan fingerprint density at radius 2 is 2.00 bits per heavy atom. The van der Waals surface area contributed by atoms with Gasteiger partial charge in [-0.05, 0) is 25.1 Å². The van der Waals surface area contributed by atoms with Crippen molar-refractivity contribution in [3.8, 4) is 0 Å². The van der Waals surface area contributed by atoms with Crippen molar-refractivity contribution in [1.82, 2.24) is 14.9 Å². The third kappa shape index (κ3) is 3.94. The molecule has 0 spiro atoms. The lowest BCUT2D eigenvalue weighted by atomic mass is 10.3. The minimum absolute atomic E-state index is 0.110. The molecular formula is C15H19F3N4O. The molecule has 5 nitrogen and oxygen atoms in total. The maximum absolute atomic E-state index is 12.2. The molecular weight excluding hydrogens is 309 g/mol. The van der Waals surface area contributed by atoms with Gasteiger partial charge in [0, 0.05) is 26.2 Å². The van der Waals surface area contributed by atoms with Crippen molar-refractivity contribution in [2.75, 3.05) is 37.7 Å². The number of fused-ring (bicyclic) bond motifs is 1. The van der Waals surface area contributed by atoms with Crippen molar-refractivity contribution < 1.29 is 17.9 Å². The second-order valence-electron chi connectivity index (χ2n) is 5.44. The van der Waals surface area contributed by atoms with Crippen LogP contribution in [0.3, 0.4) is 0 Å². The number of para-hydroxylation sites is 2. The lowest BCUT2D eigenvalue weighted by Crippen LogP contribution is -2.31. The standard InChI is InChI=1S/C15H19F3N4O/c16-15(17,18)23-11-10-22-13-5-2-1-4-12(13)20-14(22)21-8-3-6-19-7-9-21/h1-2,4-5,19H,3,6-11H2. The molecule has 0 saturated carbocycles. The normalized spacial score (nSPS) is 16.7. The zero-order valence-electron chi connectivity index (χ0n) is 12.6. The van der Waals surface area contributed by atoms with Gasteiger partial charge in [0.2, 0.25) is 5.95 Å². The van der Waals surface area contributed by atoms with Crippen LogP contribution in [0.5, 0.6) is 0 Å². The number of halogens is 3. The van der Waals surface area contributed by atoms with Gasteiger partial charge in [0.25, 0.3) is 0 Å². The summed E-state index contributed by atoms with van der Waals surface area (Å²) in [6.07, 6.45) is -3.63. The van der Waals surface area contributed by atoms with Crippen LogP contribution < -0.4 is 10.2 Å². The number of nitrogens with zero attached hydrogens (tertiary/aromatic N) is 3. The van der Waals surface area contributed by atoms with Crippen molar-refractivity contribution in [2.24, 2.45) is 0 Å². The molecule has 1 aromatic carbocycles. The van der Waals surface area contributed by atoms with Gasteiger partial charge < -0.3 is 14.8 Å². The second-order valence-corrected chi connectivity index (χ2v) is 5.44. The highest BCUT2D eigenvalue weighted by molar-refractivity contribution is 5.78. The van der Waals surface area contributed by atoms with E-state index in [4.69, 9.17) is 0 Å². The molecule has 2 aromatic rings. The van der Waals surface area contributed by atoms with Gasteiger partial charge >= 0.3 is 6.36 Å². The van der Waals surface area contributed by atoms with Crippen molar-refractivity contribution >= 4 is 17.0 Å². The smallest absolute Gasteiger partial charge is 0.341 e. The maximum atomic E-state index is 12.2. The van der Waals surface area contributed by atoms with Gasteiger partial charge in [0.1, 0.15) is 0 Å². The average molecular weight is 328 g/mol. The molecule has 2 heterocycles. The molecule has 0 atom stereocenters. The molecule has 1 aliphatic heterocycles. The summed E-state index contributed by atoms with van der Waals surface area (Å²) in [5, 5.41) is 3.31. The molecule has 0 radical (unpaired) electrons. The van der Waals surface area contributed by atoms with Crippen LogP contribution in [0.25, 0.3) is 11.0 Å². The third-order valence-electron chi connectivity index (χ3n) is 3.84. The first-order valence-electron chi connectivity index (χ1n) is 7.66. The Hall–Kier alpha value is -1.80. The molecule has 1 aromatic heterocycles. The number of hydrogen-bond acceptors (Lipinski definition) is 4. The van der Waals surface area contributed by atoms with E-state index >= 15 is 0 Å². The van der Waals surface area contributed by atoms with E-state index in [9.17, 15) is 13.2 Å². The highest BCUT2D eigenvalue weighted by Gasteiger charge is 2.29. The Morgan fingerprint density at radius 1 is 1.17 bits per heavy atom. The fraction of sp³-hybridized carbons (Fsp3) is 0.533. The summed E-state index contributed by atoms with van der Waals surface area (Å²) < 4.78 is 42.5. The third-order valence-corrected chi connectivity index (χ3v) is 3.84. The number of imidazole rings is 1. The van der Waals surface area contributed by atoms with E-state index in [1.54, 1.807) is 0 Å². The Bertz CT molecular complexity index is 648. The summed E-state index contributed by atoms with van der Waals surface area (Å²) >= 11 is 0. The molecule has 8 heteroatoms. The number of alkyl halides is 3. The maximum Gasteiger partial charge on any atom is 0.522 e. The summed E-state index contributed by atoms with van der Waals surface area (Å²) in [5.74, 6) is 0.709. The predicted octanol–water partition coefficient (Wildman–Crippen LogP) is 2.37. The molecule has 0 amide bonds. The number of rotatable bonds is 4. The highest BCUT2D eigenvalue weighted by atomic mass is 19.4. The summed E-state index contributed by atoms with van der Waals surface area (Å²) in [7, 11) is 0. The average Bonchev–Trinajstić information content (AvgIpc) is 2.69.